The minimum absolute atomic E-state index is 0.103. The summed E-state index contributed by atoms with van der Waals surface area (Å²) in [6, 6.07) is 11.7. The van der Waals surface area contributed by atoms with Crippen LogP contribution in [0.25, 0.3) is 11.4 Å². The van der Waals surface area contributed by atoms with Gasteiger partial charge in [-0.2, -0.15) is 18.2 Å². The summed E-state index contributed by atoms with van der Waals surface area (Å²) in [5.41, 5.74) is 0.308. The Morgan fingerprint density at radius 3 is 2.55 bits per heavy atom. The molecule has 0 radical (unpaired) electrons. The van der Waals surface area contributed by atoms with E-state index in [2.05, 4.69) is 10.1 Å². The van der Waals surface area contributed by atoms with Gasteiger partial charge in [0.15, 0.2) is 0 Å². The molecule has 2 aromatic carbocycles. The Kier molecular flexibility index (Phi) is 4.73. The third kappa shape index (κ3) is 3.67. The van der Waals surface area contributed by atoms with Crippen molar-refractivity contribution < 1.29 is 27.2 Å². The molecule has 6 nitrogen and oxygen atoms in total. The van der Waals surface area contributed by atoms with Gasteiger partial charge in [0, 0.05) is 18.5 Å². The largest absolute Gasteiger partial charge is 0.495 e. The van der Waals surface area contributed by atoms with Gasteiger partial charge in [0.05, 0.1) is 24.3 Å². The van der Waals surface area contributed by atoms with Crippen molar-refractivity contribution in [2.45, 2.75) is 18.5 Å². The van der Waals surface area contributed by atoms with Gasteiger partial charge in [-0.15, -0.1) is 0 Å². The average Bonchev–Trinajstić information content (AvgIpc) is 3.34. The number of aromatic nitrogens is 2. The van der Waals surface area contributed by atoms with E-state index in [0.717, 1.165) is 12.1 Å². The number of para-hydroxylation sites is 2. The van der Waals surface area contributed by atoms with Gasteiger partial charge in [0.2, 0.25) is 17.6 Å². The first-order chi connectivity index (χ1) is 13.9. The van der Waals surface area contributed by atoms with Gasteiger partial charge in [-0.1, -0.05) is 29.4 Å². The molecule has 4 rings (SSSR count). The molecule has 1 aliphatic rings. The lowest BCUT2D eigenvalue weighted by atomic mass is 10.1. The molecule has 0 spiro atoms. The first-order valence-corrected chi connectivity index (χ1v) is 8.81. The molecule has 9 heteroatoms. The smallest absolute Gasteiger partial charge is 0.416 e. The Morgan fingerprint density at radius 1 is 1.14 bits per heavy atom. The third-order valence-electron chi connectivity index (χ3n) is 4.76. The van der Waals surface area contributed by atoms with Crippen LogP contribution in [0, 0.1) is 0 Å². The molecular weight excluding hydrogens is 387 g/mol. The fraction of sp³-hybridized carbons (Fsp3) is 0.250. The summed E-state index contributed by atoms with van der Waals surface area (Å²) in [4.78, 5) is 18.4. The number of rotatable bonds is 4. The highest BCUT2D eigenvalue weighted by Crippen LogP contribution is 2.36. The molecule has 150 valence electrons. The Bertz CT molecular complexity index is 1030. The molecule has 1 aliphatic heterocycles. The highest BCUT2D eigenvalue weighted by molar-refractivity contribution is 5.97. The van der Waals surface area contributed by atoms with Crippen molar-refractivity contribution in [3.8, 4) is 17.1 Å². The molecule has 1 unspecified atom stereocenters. The number of hydrogen-bond donors (Lipinski definition) is 0. The van der Waals surface area contributed by atoms with Crippen LogP contribution in [0.15, 0.2) is 53.1 Å². The number of halogens is 3. The molecule has 1 saturated heterocycles. The monoisotopic (exact) mass is 403 g/mol. The van der Waals surface area contributed by atoms with Gasteiger partial charge in [-0.25, -0.2) is 0 Å². The lowest BCUT2D eigenvalue weighted by Gasteiger charge is -2.18. The molecule has 29 heavy (non-hydrogen) atoms. The van der Waals surface area contributed by atoms with Crippen LogP contribution in [-0.4, -0.2) is 29.7 Å². The lowest BCUT2D eigenvalue weighted by Crippen LogP contribution is -2.24. The Labute approximate surface area is 163 Å². The molecule has 3 aromatic rings. The van der Waals surface area contributed by atoms with Crippen molar-refractivity contribution in [2.75, 3.05) is 18.6 Å². The number of anilines is 1. The van der Waals surface area contributed by atoms with Gasteiger partial charge in [0.1, 0.15) is 5.75 Å². The van der Waals surface area contributed by atoms with Gasteiger partial charge in [-0.3, -0.25) is 4.79 Å². The predicted molar refractivity (Wildman–Crippen MR) is 97.4 cm³/mol. The summed E-state index contributed by atoms with van der Waals surface area (Å²) >= 11 is 0. The second kappa shape index (κ2) is 7.23. The van der Waals surface area contributed by atoms with Crippen molar-refractivity contribution >= 4 is 11.6 Å². The zero-order chi connectivity index (χ0) is 20.6. The first kappa shape index (κ1) is 19.0. The van der Waals surface area contributed by atoms with Crippen LogP contribution in [0.5, 0.6) is 5.75 Å². The van der Waals surface area contributed by atoms with Crippen LogP contribution < -0.4 is 9.64 Å². The van der Waals surface area contributed by atoms with Gasteiger partial charge in [-0.05, 0) is 24.3 Å². The molecule has 1 aromatic heterocycles. The standard InChI is InChI=1S/C20H16F3N3O3/c1-28-16-5-3-2-4-15(16)26-11-13(10-17(26)27)19-24-18(25-29-19)12-6-8-14(9-7-12)20(21,22)23/h2-9,13H,10-11H2,1H3. The van der Waals surface area contributed by atoms with E-state index in [4.69, 9.17) is 9.26 Å². The van der Waals surface area contributed by atoms with Gasteiger partial charge < -0.3 is 14.2 Å². The maximum absolute atomic E-state index is 12.7. The van der Waals surface area contributed by atoms with Gasteiger partial charge in [0.25, 0.3) is 0 Å². The number of ether oxygens (including phenoxy) is 1. The zero-order valence-electron chi connectivity index (χ0n) is 15.3. The van der Waals surface area contributed by atoms with Crippen molar-refractivity contribution in [1.29, 1.82) is 0 Å². The number of nitrogens with zero attached hydrogens (tertiary/aromatic N) is 3. The molecule has 1 fully saturated rings. The normalized spacial score (nSPS) is 17.0. The number of methoxy groups -OCH3 is 1. The third-order valence-corrected chi connectivity index (χ3v) is 4.76. The Balaban J connectivity index is 1.54. The summed E-state index contributed by atoms with van der Waals surface area (Å²) in [7, 11) is 1.53. The molecular formula is C20H16F3N3O3. The van der Waals surface area contributed by atoms with Crippen LogP contribution in [0.1, 0.15) is 23.8 Å². The quantitative estimate of drug-likeness (QED) is 0.650. The van der Waals surface area contributed by atoms with E-state index in [9.17, 15) is 18.0 Å². The van der Waals surface area contributed by atoms with Crippen molar-refractivity contribution in [1.82, 2.24) is 10.1 Å². The number of amides is 1. The number of alkyl halides is 3. The van der Waals surface area contributed by atoms with E-state index >= 15 is 0 Å². The van der Waals surface area contributed by atoms with E-state index in [-0.39, 0.29) is 30.0 Å². The number of benzene rings is 2. The topological polar surface area (TPSA) is 68.5 Å². The van der Waals surface area contributed by atoms with Crippen LogP contribution in [0.2, 0.25) is 0 Å². The highest BCUT2D eigenvalue weighted by Gasteiger charge is 2.36. The van der Waals surface area contributed by atoms with E-state index in [1.165, 1.54) is 19.2 Å². The molecule has 0 saturated carbocycles. The van der Waals surface area contributed by atoms with E-state index in [1.54, 1.807) is 17.0 Å². The Morgan fingerprint density at radius 2 is 1.86 bits per heavy atom. The predicted octanol–water partition coefficient (Wildman–Crippen LogP) is 4.28. The second-order valence-electron chi connectivity index (χ2n) is 6.61. The van der Waals surface area contributed by atoms with E-state index in [1.807, 2.05) is 12.1 Å². The first-order valence-electron chi connectivity index (χ1n) is 8.81. The molecule has 1 amide bonds. The lowest BCUT2D eigenvalue weighted by molar-refractivity contribution is -0.137. The SMILES string of the molecule is COc1ccccc1N1CC(c2nc(-c3ccc(C(F)(F)F)cc3)no2)CC1=O. The summed E-state index contributed by atoms with van der Waals surface area (Å²) in [5, 5.41) is 3.86. The minimum Gasteiger partial charge on any atom is -0.495 e. The van der Waals surface area contributed by atoms with Crippen molar-refractivity contribution in [2.24, 2.45) is 0 Å². The fourth-order valence-electron chi connectivity index (χ4n) is 3.29. The number of hydrogen-bond acceptors (Lipinski definition) is 5. The molecule has 0 bridgehead atoms. The summed E-state index contributed by atoms with van der Waals surface area (Å²) in [6.07, 6.45) is -4.22. The highest BCUT2D eigenvalue weighted by atomic mass is 19.4. The molecule has 1 atom stereocenters. The summed E-state index contributed by atoms with van der Waals surface area (Å²) < 4.78 is 48.7. The zero-order valence-corrected chi connectivity index (χ0v) is 15.3. The van der Waals surface area contributed by atoms with Crippen LogP contribution in [0.3, 0.4) is 0 Å². The van der Waals surface area contributed by atoms with E-state index < -0.39 is 11.7 Å². The van der Waals surface area contributed by atoms with Crippen LogP contribution in [-0.2, 0) is 11.0 Å². The summed E-state index contributed by atoms with van der Waals surface area (Å²) in [5.74, 6) is 0.608. The van der Waals surface area contributed by atoms with Crippen molar-refractivity contribution in [3.63, 3.8) is 0 Å². The maximum atomic E-state index is 12.7. The Hall–Kier alpha value is -3.36. The molecule has 0 N–H and O–H groups in total. The minimum atomic E-state index is -4.41. The van der Waals surface area contributed by atoms with Crippen molar-refractivity contribution in [3.05, 3.63) is 60.0 Å². The van der Waals surface area contributed by atoms with E-state index in [0.29, 0.717) is 23.5 Å². The summed E-state index contributed by atoms with van der Waals surface area (Å²) in [6.45, 7) is 0.341. The van der Waals surface area contributed by atoms with Gasteiger partial charge >= 0.3 is 6.18 Å². The van der Waals surface area contributed by atoms with Crippen LogP contribution >= 0.6 is 0 Å². The number of carbonyl (C=O) groups excluding carboxylic acids is 1. The fourth-order valence-corrected chi connectivity index (χ4v) is 3.29. The molecule has 2 heterocycles. The number of carbonyl (C=O) groups is 1. The second-order valence-corrected chi connectivity index (χ2v) is 6.61. The average molecular weight is 403 g/mol. The molecule has 0 aliphatic carbocycles. The van der Waals surface area contributed by atoms with Crippen LogP contribution in [0.4, 0.5) is 18.9 Å². The maximum Gasteiger partial charge on any atom is 0.416 e.